The number of methoxy groups -OCH3 is 1. The lowest BCUT2D eigenvalue weighted by molar-refractivity contribution is -0.186. The zero-order valence-corrected chi connectivity index (χ0v) is 16.2. The minimum atomic E-state index is -1.79. The highest BCUT2D eigenvalue weighted by Gasteiger charge is 2.50. The van der Waals surface area contributed by atoms with Crippen LogP contribution < -0.4 is 0 Å². The summed E-state index contributed by atoms with van der Waals surface area (Å²) >= 11 is 0. The molecule has 0 aromatic carbocycles. The molecule has 2 bridgehead atoms. The van der Waals surface area contributed by atoms with Crippen molar-refractivity contribution in [3.63, 3.8) is 0 Å². The second-order valence-corrected chi connectivity index (χ2v) is 8.46. The van der Waals surface area contributed by atoms with Gasteiger partial charge in [-0.25, -0.2) is 4.79 Å². The van der Waals surface area contributed by atoms with Crippen LogP contribution >= 0.6 is 0 Å². The molecule has 144 valence electrons. The topological polar surface area (TPSA) is 76.0 Å². The van der Waals surface area contributed by atoms with Gasteiger partial charge in [-0.1, -0.05) is 37.6 Å². The van der Waals surface area contributed by atoms with E-state index < -0.39 is 23.5 Å². The summed E-state index contributed by atoms with van der Waals surface area (Å²) in [6.45, 7) is 8.12. The molecule has 0 spiro atoms. The van der Waals surface area contributed by atoms with Crippen LogP contribution in [0.5, 0.6) is 0 Å². The maximum atomic E-state index is 12.5. The van der Waals surface area contributed by atoms with Gasteiger partial charge in [0.15, 0.2) is 0 Å². The molecule has 0 aromatic rings. The van der Waals surface area contributed by atoms with Crippen molar-refractivity contribution in [3.05, 3.63) is 35.5 Å². The van der Waals surface area contributed by atoms with Crippen LogP contribution in [0.3, 0.4) is 0 Å². The number of hydrogen-bond donors (Lipinski definition) is 2. The van der Waals surface area contributed by atoms with Gasteiger partial charge < -0.3 is 19.7 Å². The molecule has 0 unspecified atom stereocenters. The second-order valence-electron chi connectivity index (χ2n) is 8.46. The van der Waals surface area contributed by atoms with Gasteiger partial charge in [-0.3, -0.25) is 0 Å². The van der Waals surface area contributed by atoms with Gasteiger partial charge in [-0.2, -0.15) is 0 Å². The van der Waals surface area contributed by atoms with Crippen LogP contribution in [0.25, 0.3) is 0 Å². The predicted octanol–water partition coefficient (Wildman–Crippen LogP) is 2.74. The Bertz CT molecular complexity index is 676. The first-order chi connectivity index (χ1) is 12.1. The molecule has 2 N–H and O–H groups in total. The molecule has 0 fully saturated rings. The number of carbonyl (C=O) groups is 1. The molecule has 3 rings (SSSR count). The van der Waals surface area contributed by atoms with E-state index in [1.54, 1.807) is 12.2 Å². The standard InChI is InChI=1S/C21H30O5/c1-12(2)18-15-11-16(19(23)25-5)21(24)9-8-20(4,26-21)7-6-14(15)13(3)10-17(18)22/h8-12,14-15,17-18,22,24H,6-7H2,1-5H3/b16-11-/t14-,15+,17+,18+,20-,21+/m1/s1. The van der Waals surface area contributed by atoms with E-state index in [-0.39, 0.29) is 29.2 Å². The third-order valence-corrected chi connectivity index (χ3v) is 6.24. The molecular formula is C21H30O5. The van der Waals surface area contributed by atoms with E-state index in [9.17, 15) is 15.0 Å². The molecule has 3 aliphatic rings. The Hall–Kier alpha value is -1.43. The van der Waals surface area contributed by atoms with E-state index in [1.807, 2.05) is 26.0 Å². The molecule has 5 heteroatoms. The van der Waals surface area contributed by atoms with Crippen LogP contribution in [-0.4, -0.2) is 40.8 Å². The monoisotopic (exact) mass is 362 g/mol. The van der Waals surface area contributed by atoms with Crippen molar-refractivity contribution in [2.24, 2.45) is 23.7 Å². The van der Waals surface area contributed by atoms with Gasteiger partial charge in [0.1, 0.15) is 0 Å². The van der Waals surface area contributed by atoms with Gasteiger partial charge in [0.05, 0.1) is 24.4 Å². The minimum absolute atomic E-state index is 0.0413. The zero-order valence-electron chi connectivity index (χ0n) is 16.2. The maximum absolute atomic E-state index is 12.5. The maximum Gasteiger partial charge on any atom is 0.339 e. The third-order valence-electron chi connectivity index (χ3n) is 6.24. The van der Waals surface area contributed by atoms with Crippen molar-refractivity contribution in [2.75, 3.05) is 7.11 Å². The van der Waals surface area contributed by atoms with Gasteiger partial charge in [-0.15, -0.1) is 0 Å². The number of aliphatic hydroxyl groups is 2. The summed E-state index contributed by atoms with van der Waals surface area (Å²) in [6.07, 6.45) is 8.12. The fourth-order valence-corrected chi connectivity index (χ4v) is 4.86. The Morgan fingerprint density at radius 1 is 1.35 bits per heavy atom. The molecule has 26 heavy (non-hydrogen) atoms. The lowest BCUT2D eigenvalue weighted by atomic mass is 9.64. The number of allylic oxidation sites excluding steroid dienone is 2. The summed E-state index contributed by atoms with van der Waals surface area (Å²) in [7, 11) is 1.30. The normalized spacial score (nSPS) is 44.3. The van der Waals surface area contributed by atoms with Crippen LogP contribution in [0, 0.1) is 23.7 Å². The third kappa shape index (κ3) is 3.17. The lowest BCUT2D eigenvalue weighted by Crippen LogP contribution is -2.41. The lowest BCUT2D eigenvalue weighted by Gasteiger charge is -2.41. The number of ether oxygens (including phenoxy) is 2. The quantitative estimate of drug-likeness (QED) is 0.583. The molecule has 0 saturated carbocycles. The summed E-state index contributed by atoms with van der Waals surface area (Å²) in [4.78, 5) is 12.5. The highest BCUT2D eigenvalue weighted by molar-refractivity contribution is 5.91. The van der Waals surface area contributed by atoms with E-state index in [1.165, 1.54) is 7.11 Å². The molecule has 6 atom stereocenters. The number of rotatable bonds is 2. The fraction of sp³-hybridized carbons (Fsp3) is 0.667. The first-order valence-corrected chi connectivity index (χ1v) is 9.40. The molecule has 0 aromatic heterocycles. The first-order valence-electron chi connectivity index (χ1n) is 9.40. The first kappa shape index (κ1) is 19.3. The summed E-state index contributed by atoms with van der Waals surface area (Å²) in [5.41, 5.74) is 0.585. The van der Waals surface area contributed by atoms with Gasteiger partial charge in [0, 0.05) is 0 Å². The Morgan fingerprint density at radius 2 is 2.04 bits per heavy atom. The van der Waals surface area contributed by atoms with Crippen molar-refractivity contribution >= 4 is 5.97 Å². The molecular weight excluding hydrogens is 332 g/mol. The fourth-order valence-electron chi connectivity index (χ4n) is 4.86. The Morgan fingerprint density at radius 3 is 2.65 bits per heavy atom. The van der Waals surface area contributed by atoms with E-state index in [0.717, 1.165) is 18.4 Å². The molecule has 5 nitrogen and oxygen atoms in total. The van der Waals surface area contributed by atoms with Crippen LogP contribution in [0.4, 0.5) is 0 Å². The molecule has 2 aliphatic heterocycles. The van der Waals surface area contributed by atoms with Crippen LogP contribution in [0.15, 0.2) is 35.5 Å². The molecule has 0 amide bonds. The Labute approximate surface area is 155 Å². The molecule has 0 radical (unpaired) electrons. The summed E-state index contributed by atoms with van der Waals surface area (Å²) in [5.74, 6) is -2.11. The van der Waals surface area contributed by atoms with Crippen LogP contribution in [0.1, 0.15) is 40.5 Å². The van der Waals surface area contributed by atoms with E-state index in [2.05, 4.69) is 13.8 Å². The Kier molecular flexibility index (Phi) is 4.93. The van der Waals surface area contributed by atoms with Crippen LogP contribution in [-0.2, 0) is 14.3 Å². The van der Waals surface area contributed by atoms with Gasteiger partial charge in [-0.05, 0) is 56.4 Å². The highest BCUT2D eigenvalue weighted by Crippen LogP contribution is 2.48. The van der Waals surface area contributed by atoms with Crippen molar-refractivity contribution in [3.8, 4) is 0 Å². The van der Waals surface area contributed by atoms with Crippen molar-refractivity contribution in [2.45, 2.75) is 58.0 Å². The van der Waals surface area contributed by atoms with Crippen LogP contribution in [0.2, 0.25) is 0 Å². The van der Waals surface area contributed by atoms with Crippen molar-refractivity contribution in [1.29, 1.82) is 0 Å². The number of aliphatic hydroxyl groups excluding tert-OH is 1. The van der Waals surface area contributed by atoms with E-state index in [4.69, 9.17) is 9.47 Å². The molecule has 2 heterocycles. The van der Waals surface area contributed by atoms with E-state index in [0.29, 0.717) is 0 Å². The number of esters is 1. The number of carbonyl (C=O) groups excluding carboxylic acids is 1. The highest BCUT2D eigenvalue weighted by atomic mass is 16.6. The SMILES string of the molecule is COC(=O)/C1=C/[C@@H]2[C@H](C(C)C)[C@@H](O)C=C(C)[C@H]2CC[C@]2(C)C=C[C@]1(O)O2. The summed E-state index contributed by atoms with van der Waals surface area (Å²) in [6, 6.07) is 0. The van der Waals surface area contributed by atoms with Gasteiger partial charge in [0.25, 0.3) is 0 Å². The predicted molar refractivity (Wildman–Crippen MR) is 98.0 cm³/mol. The van der Waals surface area contributed by atoms with Gasteiger partial charge in [0.2, 0.25) is 5.79 Å². The second kappa shape index (κ2) is 6.63. The summed E-state index contributed by atoms with van der Waals surface area (Å²) < 4.78 is 10.9. The smallest absolute Gasteiger partial charge is 0.339 e. The number of fused-ring (bicyclic) bond motifs is 3. The zero-order chi connectivity index (χ0) is 19.3. The van der Waals surface area contributed by atoms with Crippen molar-refractivity contribution < 1.29 is 24.5 Å². The molecule has 0 saturated heterocycles. The average molecular weight is 362 g/mol. The Balaban J connectivity index is 2.17. The molecule has 1 aliphatic carbocycles. The van der Waals surface area contributed by atoms with Gasteiger partial charge >= 0.3 is 5.97 Å². The largest absolute Gasteiger partial charge is 0.466 e. The number of hydrogen-bond acceptors (Lipinski definition) is 5. The minimum Gasteiger partial charge on any atom is -0.466 e. The summed E-state index contributed by atoms with van der Waals surface area (Å²) in [5, 5.41) is 21.8. The average Bonchev–Trinajstić information content (AvgIpc) is 2.88. The van der Waals surface area contributed by atoms with Crippen molar-refractivity contribution in [1.82, 2.24) is 0 Å². The van der Waals surface area contributed by atoms with E-state index >= 15 is 0 Å².